The molecule has 2 heterocycles. The third kappa shape index (κ3) is 7.53. The second-order valence-electron chi connectivity index (χ2n) is 8.87. The van der Waals surface area contributed by atoms with E-state index in [-0.39, 0.29) is 24.5 Å². The maximum absolute atomic E-state index is 13.7. The Hall–Kier alpha value is -2.92. The molecule has 10 heteroatoms. The van der Waals surface area contributed by atoms with E-state index in [2.05, 4.69) is 15.5 Å². The molecule has 2 aromatic rings. The van der Waals surface area contributed by atoms with E-state index in [1.54, 1.807) is 36.5 Å². The van der Waals surface area contributed by atoms with Crippen LogP contribution in [-0.2, 0) is 9.53 Å². The number of hydrogen-bond donors (Lipinski definition) is 4. The van der Waals surface area contributed by atoms with Crippen LogP contribution in [0.1, 0.15) is 43.5 Å². The fourth-order valence-electron chi connectivity index (χ4n) is 4.21. The number of nitrogens with one attached hydrogen (secondary N) is 1. The van der Waals surface area contributed by atoms with Gasteiger partial charge in [0.05, 0.1) is 24.1 Å². The van der Waals surface area contributed by atoms with Crippen LogP contribution < -0.4 is 5.32 Å². The minimum atomic E-state index is -1.21. The Morgan fingerprint density at radius 1 is 1.29 bits per heavy atom. The van der Waals surface area contributed by atoms with E-state index < -0.39 is 25.1 Å². The van der Waals surface area contributed by atoms with Crippen molar-refractivity contribution in [2.75, 3.05) is 20.3 Å². The van der Waals surface area contributed by atoms with Gasteiger partial charge in [-0.15, -0.1) is 0 Å². The summed E-state index contributed by atoms with van der Waals surface area (Å²) in [5, 5.41) is 34.6. The Bertz CT molecular complexity index is 963. The van der Waals surface area contributed by atoms with Crippen molar-refractivity contribution >= 4 is 12.1 Å². The van der Waals surface area contributed by atoms with E-state index in [1.165, 1.54) is 6.21 Å². The lowest BCUT2D eigenvalue weighted by Gasteiger charge is -2.36. The van der Waals surface area contributed by atoms with E-state index in [0.29, 0.717) is 24.2 Å². The molecule has 190 valence electrons. The molecular weight excluding hydrogens is 455 g/mol. The van der Waals surface area contributed by atoms with Gasteiger partial charge in [0.25, 0.3) is 0 Å². The summed E-state index contributed by atoms with van der Waals surface area (Å²) in [7, 11) is 1.88. The number of ether oxygens (including phenoxy) is 1. The summed E-state index contributed by atoms with van der Waals surface area (Å²) in [6.45, 7) is 1.43. The highest BCUT2D eigenvalue weighted by atomic mass is 19.1. The summed E-state index contributed by atoms with van der Waals surface area (Å²) in [4.78, 5) is 18.6. The number of halogens is 1. The van der Waals surface area contributed by atoms with Gasteiger partial charge in [-0.1, -0.05) is 35.5 Å². The molecule has 5 atom stereocenters. The Morgan fingerprint density at radius 3 is 2.60 bits per heavy atom. The van der Waals surface area contributed by atoms with Crippen LogP contribution in [0.25, 0.3) is 11.1 Å². The van der Waals surface area contributed by atoms with Crippen LogP contribution in [0.3, 0.4) is 0 Å². The van der Waals surface area contributed by atoms with E-state index in [4.69, 9.17) is 9.94 Å². The van der Waals surface area contributed by atoms with Crippen molar-refractivity contribution in [3.05, 3.63) is 53.9 Å². The summed E-state index contributed by atoms with van der Waals surface area (Å²) < 4.78 is 19.0. The zero-order chi connectivity index (χ0) is 25.4. The lowest BCUT2D eigenvalue weighted by molar-refractivity contribution is -0.173. The van der Waals surface area contributed by atoms with Crippen molar-refractivity contribution in [2.24, 2.45) is 5.16 Å². The van der Waals surface area contributed by atoms with Gasteiger partial charge >= 0.3 is 0 Å². The van der Waals surface area contributed by atoms with E-state index in [9.17, 15) is 19.4 Å². The molecule has 1 saturated heterocycles. The largest absolute Gasteiger partial charge is 0.411 e. The summed E-state index contributed by atoms with van der Waals surface area (Å²) >= 11 is 0. The second-order valence-corrected chi connectivity index (χ2v) is 8.87. The Kier molecular flexibility index (Phi) is 9.67. The van der Waals surface area contributed by atoms with Crippen LogP contribution in [0.5, 0.6) is 0 Å². The van der Waals surface area contributed by atoms with Gasteiger partial charge in [0.15, 0.2) is 6.29 Å². The molecule has 9 nitrogen and oxygen atoms in total. The lowest BCUT2D eigenvalue weighted by atomic mass is 9.99. The molecule has 1 aliphatic heterocycles. The van der Waals surface area contributed by atoms with Gasteiger partial charge in [-0.05, 0) is 37.6 Å². The molecule has 0 aliphatic carbocycles. The number of carbonyl (C=O) groups excluding carboxylic acids is 1. The third-order valence-corrected chi connectivity index (χ3v) is 6.24. The number of nitrogens with zero attached hydrogens (tertiary/aromatic N) is 3. The average molecular weight is 489 g/mol. The van der Waals surface area contributed by atoms with E-state index >= 15 is 0 Å². The normalized spacial score (nSPS) is 22.3. The number of aliphatic hydroxyl groups is 2. The van der Waals surface area contributed by atoms with Gasteiger partial charge in [-0.3, -0.25) is 9.78 Å². The third-order valence-electron chi connectivity index (χ3n) is 6.24. The molecule has 0 bridgehead atoms. The number of aromatic nitrogens is 1. The van der Waals surface area contributed by atoms with Crippen LogP contribution in [-0.4, -0.2) is 82.2 Å². The number of hydrogen-bond acceptors (Lipinski definition) is 8. The van der Waals surface area contributed by atoms with Gasteiger partial charge in [0, 0.05) is 37.2 Å². The number of oxime groups is 1. The quantitative estimate of drug-likeness (QED) is 0.229. The minimum absolute atomic E-state index is 0.0613. The number of pyridine rings is 1. The Morgan fingerprint density at radius 2 is 2.00 bits per heavy atom. The number of carbonyl (C=O) groups is 1. The SMILES string of the molecule is C[C@@H]1C[C@H](N(C)CCC(=O)N[C@H](CF)[C@H](O)c2ccc(-c3ccc(/C=N/O)nc3)cc2)C[C@H](O)O1. The van der Waals surface area contributed by atoms with E-state index in [1.807, 2.05) is 24.9 Å². The van der Waals surface area contributed by atoms with Gasteiger partial charge in [0.2, 0.25) is 5.91 Å². The summed E-state index contributed by atoms with van der Waals surface area (Å²) in [5.41, 5.74) is 2.66. The molecule has 1 aromatic heterocycles. The molecule has 1 fully saturated rings. The first-order valence-corrected chi connectivity index (χ1v) is 11.6. The smallest absolute Gasteiger partial charge is 0.221 e. The van der Waals surface area contributed by atoms with E-state index in [0.717, 1.165) is 17.5 Å². The van der Waals surface area contributed by atoms with Crippen LogP contribution in [0.15, 0.2) is 47.8 Å². The lowest BCUT2D eigenvalue weighted by Crippen LogP contribution is -2.45. The van der Waals surface area contributed by atoms with Crippen molar-refractivity contribution < 1.29 is 29.3 Å². The molecule has 1 amide bonds. The monoisotopic (exact) mass is 488 g/mol. The molecule has 35 heavy (non-hydrogen) atoms. The van der Waals surface area contributed by atoms with Gasteiger partial charge in [-0.25, -0.2) is 4.39 Å². The average Bonchev–Trinajstić information content (AvgIpc) is 2.85. The van der Waals surface area contributed by atoms with Crippen LogP contribution >= 0.6 is 0 Å². The topological polar surface area (TPSA) is 128 Å². The first-order valence-electron chi connectivity index (χ1n) is 11.6. The summed E-state index contributed by atoms with van der Waals surface area (Å²) in [6.07, 6.45) is 2.15. The highest BCUT2D eigenvalue weighted by molar-refractivity contribution is 5.77. The Labute approximate surface area is 204 Å². The number of aliphatic hydroxyl groups excluding tert-OH is 2. The van der Waals surface area contributed by atoms with Gasteiger partial charge < -0.3 is 30.4 Å². The highest BCUT2D eigenvalue weighted by Crippen LogP contribution is 2.24. The second kappa shape index (κ2) is 12.7. The predicted molar refractivity (Wildman–Crippen MR) is 129 cm³/mol. The zero-order valence-corrected chi connectivity index (χ0v) is 19.9. The molecule has 0 unspecified atom stereocenters. The fraction of sp³-hybridized carbons (Fsp3) is 0.480. The number of alkyl halides is 1. The molecule has 1 aliphatic rings. The highest BCUT2D eigenvalue weighted by Gasteiger charge is 2.29. The molecule has 0 radical (unpaired) electrons. The molecule has 4 N–H and O–H groups in total. The van der Waals surface area contributed by atoms with Crippen LogP contribution in [0.2, 0.25) is 0 Å². The van der Waals surface area contributed by atoms with Crippen LogP contribution in [0.4, 0.5) is 4.39 Å². The van der Waals surface area contributed by atoms with Crippen molar-refractivity contribution in [1.82, 2.24) is 15.2 Å². The Balaban J connectivity index is 1.53. The fourth-order valence-corrected chi connectivity index (χ4v) is 4.21. The summed E-state index contributed by atoms with van der Waals surface area (Å²) in [5.74, 6) is -0.353. The van der Waals surface area contributed by atoms with Crippen molar-refractivity contribution in [3.8, 4) is 11.1 Å². The van der Waals surface area contributed by atoms with Crippen LogP contribution in [0, 0.1) is 0 Å². The first-order chi connectivity index (χ1) is 16.8. The first kappa shape index (κ1) is 26.7. The number of amides is 1. The summed E-state index contributed by atoms with van der Waals surface area (Å²) in [6, 6.07) is 9.48. The van der Waals surface area contributed by atoms with Gasteiger partial charge in [-0.2, -0.15) is 0 Å². The van der Waals surface area contributed by atoms with Gasteiger partial charge in [0.1, 0.15) is 12.8 Å². The van der Waals surface area contributed by atoms with Crippen molar-refractivity contribution in [3.63, 3.8) is 0 Å². The maximum Gasteiger partial charge on any atom is 0.221 e. The number of rotatable bonds is 10. The van der Waals surface area contributed by atoms with Crippen molar-refractivity contribution in [1.29, 1.82) is 0 Å². The van der Waals surface area contributed by atoms with Crippen molar-refractivity contribution in [2.45, 2.75) is 56.8 Å². The molecular formula is C25H33FN4O5. The maximum atomic E-state index is 13.7. The predicted octanol–water partition coefficient (Wildman–Crippen LogP) is 2.25. The molecule has 1 aromatic carbocycles. The molecule has 0 spiro atoms. The standard InChI is InChI=1S/C25H33FN4O5/c1-16-11-21(12-24(32)35-16)30(2)10-9-23(31)29-22(13-26)25(33)18-5-3-17(4-6-18)19-7-8-20(15-28-34)27-14-19/h3-8,14-16,21-22,24-25,32-34H,9-13H2,1-2H3,(H,29,31)/b28-15+/t16-,21+,22-,24-,25-/m1/s1. The minimum Gasteiger partial charge on any atom is -0.411 e. The number of benzene rings is 1. The molecule has 3 rings (SSSR count). The zero-order valence-electron chi connectivity index (χ0n) is 19.9. The molecule has 0 saturated carbocycles.